The maximum absolute atomic E-state index is 13.6. The van der Waals surface area contributed by atoms with Crippen LogP contribution in [-0.4, -0.2) is 53.5 Å². The van der Waals surface area contributed by atoms with Crippen molar-refractivity contribution in [1.82, 2.24) is 14.9 Å². The Morgan fingerprint density at radius 3 is 2.25 bits per heavy atom. The van der Waals surface area contributed by atoms with Gasteiger partial charge in [-0.1, -0.05) is 0 Å². The summed E-state index contributed by atoms with van der Waals surface area (Å²) in [6, 6.07) is 2.03. The SMILES string of the molecule is CCNc1cc(N2CCN(C(=O)C34CC5CC(CC(C5)C3)C4)CC2)nc(C)n1. The highest BCUT2D eigenvalue weighted by Crippen LogP contribution is 2.60. The normalized spacial score (nSPS) is 34.0. The second kappa shape index (κ2) is 6.89. The third-order valence-corrected chi connectivity index (χ3v) is 7.57. The van der Waals surface area contributed by atoms with Crippen molar-refractivity contribution in [3.8, 4) is 0 Å². The van der Waals surface area contributed by atoms with Gasteiger partial charge in [-0.2, -0.15) is 0 Å². The van der Waals surface area contributed by atoms with Gasteiger partial charge in [0.25, 0.3) is 0 Å². The molecule has 4 bridgehead atoms. The minimum Gasteiger partial charge on any atom is -0.370 e. The lowest BCUT2D eigenvalue weighted by Crippen LogP contribution is -2.58. The second-order valence-corrected chi connectivity index (χ2v) is 9.67. The molecular weight excluding hydrogens is 350 g/mol. The average Bonchev–Trinajstić information content (AvgIpc) is 2.66. The van der Waals surface area contributed by atoms with Gasteiger partial charge in [-0.05, 0) is 70.1 Å². The van der Waals surface area contributed by atoms with Crippen molar-refractivity contribution >= 4 is 17.5 Å². The summed E-state index contributed by atoms with van der Waals surface area (Å²) in [6.45, 7) is 8.23. The predicted octanol–water partition coefficient (Wildman–Crippen LogP) is 3.08. The zero-order chi connectivity index (χ0) is 19.3. The van der Waals surface area contributed by atoms with E-state index in [1.54, 1.807) is 0 Å². The third-order valence-electron chi connectivity index (χ3n) is 7.57. The Morgan fingerprint density at radius 2 is 1.68 bits per heavy atom. The van der Waals surface area contributed by atoms with Gasteiger partial charge in [-0.25, -0.2) is 9.97 Å². The smallest absolute Gasteiger partial charge is 0.228 e. The van der Waals surface area contributed by atoms with Crippen molar-refractivity contribution in [1.29, 1.82) is 0 Å². The van der Waals surface area contributed by atoms with E-state index >= 15 is 0 Å². The molecule has 5 fully saturated rings. The summed E-state index contributed by atoms with van der Waals surface area (Å²) in [4.78, 5) is 27.1. The van der Waals surface area contributed by atoms with E-state index in [-0.39, 0.29) is 5.41 Å². The zero-order valence-electron chi connectivity index (χ0n) is 17.3. The minimum absolute atomic E-state index is 0.0133. The summed E-state index contributed by atoms with van der Waals surface area (Å²) in [5.41, 5.74) is -0.0133. The molecule has 1 aliphatic heterocycles. The molecule has 6 nitrogen and oxygen atoms in total. The van der Waals surface area contributed by atoms with Crippen LogP contribution in [0.1, 0.15) is 51.3 Å². The van der Waals surface area contributed by atoms with Crippen LogP contribution in [-0.2, 0) is 4.79 Å². The lowest BCUT2D eigenvalue weighted by atomic mass is 9.49. The molecule has 28 heavy (non-hydrogen) atoms. The number of rotatable bonds is 4. The van der Waals surface area contributed by atoms with Crippen molar-refractivity contribution in [2.75, 3.05) is 42.9 Å². The summed E-state index contributed by atoms with van der Waals surface area (Å²) in [5.74, 6) is 5.60. The summed E-state index contributed by atoms with van der Waals surface area (Å²) in [5, 5.41) is 3.29. The van der Waals surface area contributed by atoms with Crippen LogP contribution in [0.15, 0.2) is 6.07 Å². The summed E-state index contributed by atoms with van der Waals surface area (Å²) >= 11 is 0. The first-order valence-electron chi connectivity index (χ1n) is 11.2. The number of nitrogens with zero attached hydrogens (tertiary/aromatic N) is 4. The van der Waals surface area contributed by atoms with E-state index in [4.69, 9.17) is 0 Å². The minimum atomic E-state index is -0.0133. The number of hydrogen-bond donors (Lipinski definition) is 1. The van der Waals surface area contributed by atoms with Crippen LogP contribution in [0.5, 0.6) is 0 Å². The van der Waals surface area contributed by atoms with Gasteiger partial charge in [0, 0.05) is 38.8 Å². The average molecular weight is 384 g/mol. The van der Waals surface area contributed by atoms with E-state index in [0.29, 0.717) is 5.91 Å². The summed E-state index contributed by atoms with van der Waals surface area (Å²) < 4.78 is 0. The lowest BCUT2D eigenvalue weighted by Gasteiger charge is -2.57. The molecule has 2 heterocycles. The Kier molecular flexibility index (Phi) is 4.48. The highest BCUT2D eigenvalue weighted by atomic mass is 16.2. The molecule has 1 aromatic heterocycles. The van der Waals surface area contributed by atoms with Gasteiger partial charge >= 0.3 is 0 Å². The largest absolute Gasteiger partial charge is 0.370 e. The molecule has 1 aromatic rings. The maximum atomic E-state index is 13.6. The first-order chi connectivity index (χ1) is 13.5. The van der Waals surface area contributed by atoms with Gasteiger partial charge in [0.05, 0.1) is 5.41 Å². The van der Waals surface area contributed by atoms with Gasteiger partial charge in [-0.3, -0.25) is 4.79 Å². The lowest BCUT2D eigenvalue weighted by molar-refractivity contribution is -0.158. The molecule has 4 aliphatic carbocycles. The van der Waals surface area contributed by atoms with E-state index in [1.165, 1.54) is 19.3 Å². The molecule has 4 saturated carbocycles. The first kappa shape index (κ1) is 18.2. The Bertz CT molecular complexity index is 720. The Morgan fingerprint density at radius 1 is 1.07 bits per heavy atom. The summed E-state index contributed by atoms with van der Waals surface area (Å²) in [6.07, 6.45) is 7.66. The number of aromatic nitrogens is 2. The number of aryl methyl sites for hydroxylation is 1. The van der Waals surface area contributed by atoms with Gasteiger partial charge in [0.1, 0.15) is 17.5 Å². The number of nitrogens with one attached hydrogen (secondary N) is 1. The number of anilines is 2. The van der Waals surface area contributed by atoms with E-state index < -0.39 is 0 Å². The quantitative estimate of drug-likeness (QED) is 0.866. The molecule has 1 saturated heterocycles. The highest BCUT2D eigenvalue weighted by molar-refractivity contribution is 5.83. The summed E-state index contributed by atoms with van der Waals surface area (Å²) in [7, 11) is 0. The standard InChI is InChI=1S/C22H33N5O/c1-3-23-19-11-20(25-15(2)24-19)26-4-6-27(7-5-26)21(28)22-12-16-8-17(13-22)10-18(9-16)14-22/h11,16-18H,3-10,12-14H2,1-2H3,(H,23,24,25). The monoisotopic (exact) mass is 383 g/mol. The number of carbonyl (C=O) groups excluding carboxylic acids is 1. The Hall–Kier alpha value is -1.85. The first-order valence-corrected chi connectivity index (χ1v) is 11.2. The van der Waals surface area contributed by atoms with Crippen LogP contribution in [0, 0.1) is 30.1 Å². The van der Waals surface area contributed by atoms with Gasteiger partial charge in [0.15, 0.2) is 0 Å². The number of carbonyl (C=O) groups is 1. The molecule has 152 valence electrons. The maximum Gasteiger partial charge on any atom is 0.228 e. The van der Waals surface area contributed by atoms with Crippen LogP contribution in [0.2, 0.25) is 0 Å². The van der Waals surface area contributed by atoms with Crippen molar-refractivity contribution in [2.45, 2.75) is 52.4 Å². The molecule has 5 aliphatic rings. The van der Waals surface area contributed by atoms with Crippen LogP contribution in [0.3, 0.4) is 0 Å². The van der Waals surface area contributed by atoms with Crippen molar-refractivity contribution < 1.29 is 4.79 Å². The van der Waals surface area contributed by atoms with Gasteiger partial charge in [-0.15, -0.1) is 0 Å². The van der Waals surface area contributed by atoms with Crippen LogP contribution < -0.4 is 10.2 Å². The molecule has 1 amide bonds. The predicted molar refractivity (Wildman–Crippen MR) is 110 cm³/mol. The second-order valence-electron chi connectivity index (χ2n) is 9.67. The molecule has 0 radical (unpaired) electrons. The van der Waals surface area contributed by atoms with Crippen LogP contribution in [0.25, 0.3) is 0 Å². The molecule has 6 heteroatoms. The highest BCUT2D eigenvalue weighted by Gasteiger charge is 2.55. The molecule has 0 unspecified atom stereocenters. The molecule has 1 N–H and O–H groups in total. The topological polar surface area (TPSA) is 61.4 Å². The van der Waals surface area contributed by atoms with Crippen molar-refractivity contribution in [2.24, 2.45) is 23.2 Å². The van der Waals surface area contributed by atoms with E-state index in [2.05, 4.69) is 32.0 Å². The van der Waals surface area contributed by atoms with Crippen LogP contribution in [0.4, 0.5) is 11.6 Å². The zero-order valence-corrected chi connectivity index (χ0v) is 17.3. The fourth-order valence-electron chi connectivity index (χ4n) is 6.83. The number of amides is 1. The molecule has 6 rings (SSSR count). The molecular formula is C22H33N5O. The molecule has 0 aromatic carbocycles. The number of piperazine rings is 1. The molecule has 0 atom stereocenters. The van der Waals surface area contributed by atoms with Crippen molar-refractivity contribution in [3.63, 3.8) is 0 Å². The number of hydrogen-bond acceptors (Lipinski definition) is 5. The Labute approximate surface area is 168 Å². The Balaban J connectivity index is 1.26. The van der Waals surface area contributed by atoms with E-state index in [1.807, 2.05) is 13.0 Å². The molecule has 0 spiro atoms. The van der Waals surface area contributed by atoms with Crippen LogP contribution >= 0.6 is 0 Å². The van der Waals surface area contributed by atoms with Crippen molar-refractivity contribution in [3.05, 3.63) is 11.9 Å². The fraction of sp³-hybridized carbons (Fsp3) is 0.773. The van der Waals surface area contributed by atoms with E-state index in [9.17, 15) is 4.79 Å². The van der Waals surface area contributed by atoms with E-state index in [0.717, 1.165) is 87.2 Å². The van der Waals surface area contributed by atoms with Gasteiger partial charge in [0.2, 0.25) is 5.91 Å². The fourth-order valence-corrected chi connectivity index (χ4v) is 6.83. The van der Waals surface area contributed by atoms with Gasteiger partial charge < -0.3 is 15.1 Å². The third kappa shape index (κ3) is 3.15.